The van der Waals surface area contributed by atoms with Crippen molar-refractivity contribution < 1.29 is 9.53 Å². The summed E-state index contributed by atoms with van der Waals surface area (Å²) in [5, 5.41) is 0. The van der Waals surface area contributed by atoms with Crippen molar-refractivity contribution in [2.45, 2.75) is 77.4 Å². The highest BCUT2D eigenvalue weighted by Gasteiger charge is 2.49. The topological polar surface area (TPSA) is 75.3 Å². The molecular weight excluding hydrogens is 378 g/mol. The molecule has 0 spiro atoms. The van der Waals surface area contributed by atoms with E-state index in [0.717, 1.165) is 24.4 Å². The maximum absolute atomic E-state index is 12.9. The minimum atomic E-state index is -0.561. The number of carbonyl (C=O) groups is 1. The Labute approximate surface area is 177 Å². The Morgan fingerprint density at radius 2 is 2.00 bits per heavy atom. The summed E-state index contributed by atoms with van der Waals surface area (Å²) in [7, 11) is 0. The fourth-order valence-electron chi connectivity index (χ4n) is 4.12. The van der Waals surface area contributed by atoms with Gasteiger partial charge in [0, 0.05) is 13.0 Å². The standard InChI is InChI=1S/C24H31N3O3/c1-15(2)16-7-6-8-17(13-16)24(10-11-24)21-25-19-9-12-27(14-18(19)20(28)26-21)22(29)30-23(3,4)5/h6-8,13,15H,9-12,14H2,1-5H3,(H,25,26,28). The van der Waals surface area contributed by atoms with Crippen LogP contribution in [0.25, 0.3) is 0 Å². The lowest BCUT2D eigenvalue weighted by atomic mass is 9.90. The molecule has 0 saturated heterocycles. The van der Waals surface area contributed by atoms with Gasteiger partial charge < -0.3 is 14.6 Å². The van der Waals surface area contributed by atoms with Gasteiger partial charge in [-0.15, -0.1) is 0 Å². The van der Waals surface area contributed by atoms with E-state index in [0.29, 0.717) is 24.4 Å². The molecule has 1 aliphatic heterocycles. The van der Waals surface area contributed by atoms with Crippen molar-refractivity contribution >= 4 is 6.09 Å². The molecule has 1 amide bonds. The van der Waals surface area contributed by atoms with Crippen LogP contribution in [-0.2, 0) is 23.1 Å². The van der Waals surface area contributed by atoms with Gasteiger partial charge in [-0.3, -0.25) is 4.79 Å². The molecule has 1 saturated carbocycles. The number of rotatable bonds is 3. The molecule has 1 aromatic heterocycles. The van der Waals surface area contributed by atoms with Gasteiger partial charge in [0.2, 0.25) is 0 Å². The summed E-state index contributed by atoms with van der Waals surface area (Å²) in [5.74, 6) is 1.22. The van der Waals surface area contributed by atoms with Crippen LogP contribution in [0.15, 0.2) is 29.1 Å². The third-order valence-electron chi connectivity index (χ3n) is 6.03. The average molecular weight is 410 g/mol. The van der Waals surface area contributed by atoms with Crippen molar-refractivity contribution in [1.29, 1.82) is 0 Å². The molecule has 6 nitrogen and oxygen atoms in total. The van der Waals surface area contributed by atoms with Gasteiger partial charge in [-0.05, 0) is 50.7 Å². The monoisotopic (exact) mass is 409 g/mol. The number of benzene rings is 1. The van der Waals surface area contributed by atoms with Gasteiger partial charge >= 0.3 is 6.09 Å². The number of hydrogen-bond donors (Lipinski definition) is 1. The van der Waals surface area contributed by atoms with Crippen molar-refractivity contribution in [2.75, 3.05) is 6.54 Å². The minimum Gasteiger partial charge on any atom is -0.444 e. The van der Waals surface area contributed by atoms with Crippen LogP contribution in [0.5, 0.6) is 0 Å². The fraction of sp³-hybridized carbons (Fsp3) is 0.542. The smallest absolute Gasteiger partial charge is 0.410 e. The normalized spacial score (nSPS) is 17.6. The molecule has 30 heavy (non-hydrogen) atoms. The molecule has 2 aromatic rings. The van der Waals surface area contributed by atoms with E-state index in [2.05, 4.69) is 43.1 Å². The van der Waals surface area contributed by atoms with Crippen LogP contribution in [0.2, 0.25) is 0 Å². The Kier molecular flexibility index (Phi) is 4.99. The van der Waals surface area contributed by atoms with Gasteiger partial charge in [0.1, 0.15) is 11.4 Å². The van der Waals surface area contributed by atoms with Crippen LogP contribution < -0.4 is 5.56 Å². The third kappa shape index (κ3) is 3.87. The molecule has 0 bridgehead atoms. The summed E-state index contributed by atoms with van der Waals surface area (Å²) < 4.78 is 5.46. The molecule has 2 aliphatic rings. The Bertz CT molecular complexity index is 1030. The van der Waals surface area contributed by atoms with Crippen LogP contribution >= 0.6 is 0 Å². The zero-order valence-corrected chi connectivity index (χ0v) is 18.5. The molecule has 0 radical (unpaired) electrons. The number of nitrogens with zero attached hydrogens (tertiary/aromatic N) is 2. The Balaban J connectivity index is 1.62. The number of aromatic nitrogens is 2. The zero-order valence-electron chi connectivity index (χ0n) is 18.5. The lowest BCUT2D eigenvalue weighted by Gasteiger charge is -2.30. The van der Waals surface area contributed by atoms with Crippen LogP contribution in [-0.4, -0.2) is 33.1 Å². The molecule has 0 atom stereocenters. The molecule has 1 N–H and O–H groups in total. The predicted molar refractivity (Wildman–Crippen MR) is 116 cm³/mol. The van der Waals surface area contributed by atoms with Crippen LogP contribution in [0, 0.1) is 0 Å². The molecular formula is C24H31N3O3. The first kappa shape index (κ1) is 20.6. The quantitative estimate of drug-likeness (QED) is 0.822. The Morgan fingerprint density at radius 1 is 1.27 bits per heavy atom. The van der Waals surface area contributed by atoms with Crippen LogP contribution in [0.3, 0.4) is 0 Å². The maximum Gasteiger partial charge on any atom is 0.410 e. The summed E-state index contributed by atoms with van der Waals surface area (Å²) in [6.07, 6.45) is 2.15. The lowest BCUT2D eigenvalue weighted by molar-refractivity contribution is 0.0221. The molecule has 1 fully saturated rings. The number of H-pyrrole nitrogens is 1. The van der Waals surface area contributed by atoms with Crippen molar-refractivity contribution in [3.05, 3.63) is 62.8 Å². The maximum atomic E-state index is 12.9. The average Bonchev–Trinajstić information content (AvgIpc) is 3.48. The van der Waals surface area contributed by atoms with Crippen molar-refractivity contribution in [3.63, 3.8) is 0 Å². The van der Waals surface area contributed by atoms with E-state index in [9.17, 15) is 9.59 Å². The van der Waals surface area contributed by atoms with Gasteiger partial charge in [0.25, 0.3) is 5.56 Å². The van der Waals surface area contributed by atoms with Crippen molar-refractivity contribution in [3.8, 4) is 0 Å². The fourth-order valence-corrected chi connectivity index (χ4v) is 4.12. The van der Waals surface area contributed by atoms with E-state index in [4.69, 9.17) is 9.72 Å². The first-order valence-corrected chi connectivity index (χ1v) is 10.8. The lowest BCUT2D eigenvalue weighted by Crippen LogP contribution is -2.42. The van der Waals surface area contributed by atoms with Crippen LogP contribution in [0.4, 0.5) is 4.79 Å². The number of nitrogens with one attached hydrogen (secondary N) is 1. The van der Waals surface area contributed by atoms with Gasteiger partial charge in [-0.25, -0.2) is 9.78 Å². The van der Waals surface area contributed by atoms with E-state index < -0.39 is 5.60 Å². The highest BCUT2D eigenvalue weighted by atomic mass is 16.6. The number of amides is 1. The second-order valence-corrected chi connectivity index (χ2v) is 9.85. The first-order valence-electron chi connectivity index (χ1n) is 10.8. The number of fused-ring (bicyclic) bond motifs is 1. The van der Waals surface area contributed by atoms with E-state index in [-0.39, 0.29) is 23.6 Å². The summed E-state index contributed by atoms with van der Waals surface area (Å²) in [4.78, 5) is 34.9. The van der Waals surface area contributed by atoms with Gasteiger partial charge in [-0.1, -0.05) is 38.1 Å². The second kappa shape index (κ2) is 7.25. The predicted octanol–water partition coefficient (Wildman–Crippen LogP) is 4.27. The Hall–Kier alpha value is -2.63. The van der Waals surface area contributed by atoms with Gasteiger partial charge in [0.15, 0.2) is 0 Å². The summed E-state index contributed by atoms with van der Waals surface area (Å²) >= 11 is 0. The molecule has 1 aliphatic carbocycles. The summed E-state index contributed by atoms with van der Waals surface area (Å²) in [6.45, 7) is 10.6. The van der Waals surface area contributed by atoms with E-state index in [1.165, 1.54) is 11.1 Å². The number of aromatic amines is 1. The van der Waals surface area contributed by atoms with E-state index in [1.807, 2.05) is 20.8 Å². The molecule has 2 heterocycles. The SMILES string of the molecule is CC(C)c1cccc(C2(c3nc4c(c(=O)[nH]3)CN(C(=O)OC(C)(C)C)CC4)CC2)c1. The van der Waals surface area contributed by atoms with Gasteiger partial charge in [0.05, 0.1) is 23.2 Å². The Morgan fingerprint density at radius 3 is 2.63 bits per heavy atom. The minimum absolute atomic E-state index is 0.144. The molecule has 160 valence electrons. The van der Waals surface area contributed by atoms with Crippen molar-refractivity contribution in [1.82, 2.24) is 14.9 Å². The highest BCUT2D eigenvalue weighted by molar-refractivity contribution is 5.68. The molecule has 0 unspecified atom stereocenters. The van der Waals surface area contributed by atoms with E-state index >= 15 is 0 Å². The van der Waals surface area contributed by atoms with E-state index in [1.54, 1.807) is 4.90 Å². The molecule has 6 heteroatoms. The zero-order chi connectivity index (χ0) is 21.7. The summed E-state index contributed by atoms with van der Waals surface area (Å²) in [5.41, 5.74) is 3.00. The highest BCUT2D eigenvalue weighted by Crippen LogP contribution is 2.52. The number of hydrogen-bond acceptors (Lipinski definition) is 4. The third-order valence-corrected chi connectivity index (χ3v) is 6.03. The largest absolute Gasteiger partial charge is 0.444 e. The number of carbonyl (C=O) groups excluding carboxylic acids is 1. The van der Waals surface area contributed by atoms with Crippen molar-refractivity contribution in [2.24, 2.45) is 0 Å². The van der Waals surface area contributed by atoms with Crippen LogP contribution in [0.1, 0.15) is 81.6 Å². The second-order valence-electron chi connectivity index (χ2n) is 9.85. The molecule has 4 rings (SSSR count). The number of ether oxygens (including phenoxy) is 1. The summed E-state index contributed by atoms with van der Waals surface area (Å²) in [6, 6.07) is 8.64. The first-order chi connectivity index (χ1) is 14.1. The van der Waals surface area contributed by atoms with Gasteiger partial charge in [-0.2, -0.15) is 0 Å². The molecule has 1 aromatic carbocycles.